The van der Waals surface area contributed by atoms with Gasteiger partial charge in [0.1, 0.15) is 6.10 Å². The van der Waals surface area contributed by atoms with E-state index in [0.29, 0.717) is 23.5 Å². The van der Waals surface area contributed by atoms with Crippen LogP contribution in [0.2, 0.25) is 0 Å². The highest BCUT2D eigenvalue weighted by Crippen LogP contribution is 2.27. The van der Waals surface area contributed by atoms with Crippen LogP contribution in [0.4, 0.5) is 0 Å². The van der Waals surface area contributed by atoms with Gasteiger partial charge in [-0.2, -0.15) is 0 Å². The van der Waals surface area contributed by atoms with E-state index in [2.05, 4.69) is 20.8 Å². The van der Waals surface area contributed by atoms with Crippen LogP contribution in [0.5, 0.6) is 0 Å². The number of hydrogen-bond donors (Lipinski definition) is 1. The maximum atomic E-state index is 13.0. The number of carbonyl (C=O) groups is 2. The lowest BCUT2D eigenvalue weighted by atomic mass is 9.86. The van der Waals surface area contributed by atoms with Crippen molar-refractivity contribution in [3.05, 3.63) is 34.9 Å². The average Bonchev–Trinajstić information content (AvgIpc) is 2.73. The first-order valence-electron chi connectivity index (χ1n) is 12.0. The highest BCUT2D eigenvalue weighted by Gasteiger charge is 2.24. The third kappa shape index (κ3) is 8.89. The van der Waals surface area contributed by atoms with Crippen molar-refractivity contribution < 1.29 is 19.4 Å². The molecule has 1 N–H and O–H groups in total. The molecule has 0 fully saturated rings. The van der Waals surface area contributed by atoms with Gasteiger partial charge in [0, 0.05) is 0 Å². The maximum absolute atomic E-state index is 13.0. The number of carboxylic acid groups (broad SMARTS) is 1. The van der Waals surface area contributed by atoms with Gasteiger partial charge < -0.3 is 9.84 Å². The van der Waals surface area contributed by atoms with Crippen molar-refractivity contribution in [3.8, 4) is 0 Å². The molecule has 0 saturated heterocycles. The molecule has 170 valence electrons. The molecule has 4 nitrogen and oxygen atoms in total. The molecule has 0 amide bonds. The molecule has 0 bridgehead atoms. The van der Waals surface area contributed by atoms with Gasteiger partial charge in [0.2, 0.25) is 0 Å². The molecule has 0 aliphatic heterocycles. The predicted octanol–water partition coefficient (Wildman–Crippen LogP) is 7.44. The molecule has 2 unspecified atom stereocenters. The van der Waals surface area contributed by atoms with Crippen LogP contribution >= 0.6 is 0 Å². The summed E-state index contributed by atoms with van der Waals surface area (Å²) < 4.78 is 5.82. The second-order valence-electron chi connectivity index (χ2n) is 8.42. The van der Waals surface area contributed by atoms with E-state index in [1.54, 1.807) is 18.2 Å². The van der Waals surface area contributed by atoms with Crippen LogP contribution in [0.1, 0.15) is 125 Å². The van der Waals surface area contributed by atoms with Crippen molar-refractivity contribution in [3.63, 3.8) is 0 Å². The minimum absolute atomic E-state index is 0.110. The molecule has 0 saturated carbocycles. The monoisotopic (exact) mass is 418 g/mol. The van der Waals surface area contributed by atoms with Crippen molar-refractivity contribution in [2.24, 2.45) is 5.92 Å². The number of hydrogen-bond acceptors (Lipinski definition) is 3. The zero-order chi connectivity index (χ0) is 22.4. The summed E-state index contributed by atoms with van der Waals surface area (Å²) >= 11 is 0. The van der Waals surface area contributed by atoms with E-state index in [-0.39, 0.29) is 17.6 Å². The average molecular weight is 419 g/mol. The van der Waals surface area contributed by atoms with Gasteiger partial charge >= 0.3 is 11.9 Å². The van der Waals surface area contributed by atoms with Crippen LogP contribution < -0.4 is 0 Å². The first-order valence-corrected chi connectivity index (χ1v) is 12.0. The lowest BCUT2D eigenvalue weighted by molar-refractivity contribution is 0.0265. The molecule has 1 aromatic rings. The van der Waals surface area contributed by atoms with Crippen LogP contribution in [0.25, 0.3) is 0 Å². The Kier molecular flexibility index (Phi) is 13.1. The van der Waals surface area contributed by atoms with Crippen molar-refractivity contribution >= 4 is 11.9 Å². The highest BCUT2D eigenvalue weighted by atomic mass is 16.5. The van der Waals surface area contributed by atoms with Crippen molar-refractivity contribution in [1.82, 2.24) is 0 Å². The second kappa shape index (κ2) is 15.0. The summed E-state index contributed by atoms with van der Waals surface area (Å²) in [7, 11) is 0. The fraction of sp³-hybridized carbons (Fsp3) is 0.692. The Morgan fingerprint density at radius 3 is 2.07 bits per heavy atom. The SMILES string of the molecule is CCCCCC(CCC)Cc1c(C(=O)O)cccc1C(=O)OC(CC)CCCCC. The first kappa shape index (κ1) is 26.2. The summed E-state index contributed by atoms with van der Waals surface area (Å²) in [5, 5.41) is 9.75. The number of benzene rings is 1. The molecule has 0 aromatic heterocycles. The summed E-state index contributed by atoms with van der Waals surface area (Å²) in [6, 6.07) is 5.01. The second-order valence-corrected chi connectivity index (χ2v) is 8.42. The molecular formula is C26H42O4. The van der Waals surface area contributed by atoms with Crippen molar-refractivity contribution in [1.29, 1.82) is 0 Å². The largest absolute Gasteiger partial charge is 0.478 e. The van der Waals surface area contributed by atoms with E-state index in [0.717, 1.165) is 57.8 Å². The Hall–Kier alpha value is -1.84. The molecule has 1 aromatic carbocycles. The van der Waals surface area contributed by atoms with E-state index in [9.17, 15) is 14.7 Å². The molecule has 1 rings (SSSR count). The van der Waals surface area contributed by atoms with Gasteiger partial charge in [0.25, 0.3) is 0 Å². The topological polar surface area (TPSA) is 63.6 Å². The number of rotatable bonds is 16. The third-order valence-corrected chi connectivity index (χ3v) is 5.89. The third-order valence-electron chi connectivity index (χ3n) is 5.89. The summed E-state index contributed by atoms with van der Waals surface area (Å²) in [6.45, 7) is 8.54. The van der Waals surface area contributed by atoms with E-state index in [1.807, 2.05) is 6.92 Å². The molecule has 2 atom stereocenters. The smallest absolute Gasteiger partial charge is 0.338 e. The summed E-state index contributed by atoms with van der Waals surface area (Å²) in [4.78, 5) is 24.9. The number of carboxylic acids is 1. The lowest BCUT2D eigenvalue weighted by Crippen LogP contribution is -2.21. The first-order chi connectivity index (χ1) is 14.5. The van der Waals surface area contributed by atoms with Gasteiger partial charge in [0.05, 0.1) is 11.1 Å². The number of aromatic carboxylic acids is 1. The summed E-state index contributed by atoms with van der Waals surface area (Å²) in [5.41, 5.74) is 1.31. The summed E-state index contributed by atoms with van der Waals surface area (Å²) in [5.74, 6) is -0.959. The zero-order valence-corrected chi connectivity index (χ0v) is 19.5. The Labute approximate surface area is 183 Å². The number of unbranched alkanes of at least 4 members (excludes halogenated alkanes) is 4. The van der Waals surface area contributed by atoms with Crippen LogP contribution in [0.15, 0.2) is 18.2 Å². The van der Waals surface area contributed by atoms with Crippen LogP contribution in [-0.2, 0) is 11.2 Å². The molecule has 30 heavy (non-hydrogen) atoms. The number of ether oxygens (including phenoxy) is 1. The molecule has 0 radical (unpaired) electrons. The van der Waals surface area contributed by atoms with Crippen LogP contribution in [0.3, 0.4) is 0 Å². The number of carbonyl (C=O) groups excluding carboxylic acids is 1. The van der Waals surface area contributed by atoms with Gasteiger partial charge in [-0.1, -0.05) is 85.1 Å². The Bertz CT molecular complexity index is 638. The molecule has 0 aliphatic rings. The minimum atomic E-state index is -0.974. The van der Waals surface area contributed by atoms with Crippen LogP contribution in [0, 0.1) is 5.92 Å². The Morgan fingerprint density at radius 1 is 0.867 bits per heavy atom. The number of esters is 1. The van der Waals surface area contributed by atoms with Gasteiger partial charge in [-0.3, -0.25) is 0 Å². The van der Waals surface area contributed by atoms with E-state index < -0.39 is 5.97 Å². The van der Waals surface area contributed by atoms with Crippen molar-refractivity contribution in [2.45, 2.75) is 111 Å². The van der Waals surface area contributed by atoms with Gasteiger partial charge in [-0.15, -0.1) is 0 Å². The van der Waals surface area contributed by atoms with Gasteiger partial charge in [-0.05, 0) is 49.3 Å². The van der Waals surface area contributed by atoms with Gasteiger partial charge in [-0.25, -0.2) is 9.59 Å². The Balaban J connectivity index is 3.08. The normalized spacial score (nSPS) is 13.1. The molecule has 0 spiro atoms. The quantitative estimate of drug-likeness (QED) is 0.224. The maximum Gasteiger partial charge on any atom is 0.338 e. The van der Waals surface area contributed by atoms with Gasteiger partial charge in [0.15, 0.2) is 0 Å². The fourth-order valence-electron chi connectivity index (χ4n) is 4.11. The minimum Gasteiger partial charge on any atom is -0.478 e. The van der Waals surface area contributed by atoms with E-state index in [1.165, 1.54) is 12.8 Å². The Morgan fingerprint density at radius 2 is 1.50 bits per heavy atom. The zero-order valence-electron chi connectivity index (χ0n) is 19.5. The van der Waals surface area contributed by atoms with E-state index in [4.69, 9.17) is 4.74 Å². The molecular weight excluding hydrogens is 376 g/mol. The molecule has 0 heterocycles. The van der Waals surface area contributed by atoms with E-state index >= 15 is 0 Å². The molecule has 0 aliphatic carbocycles. The fourth-order valence-corrected chi connectivity index (χ4v) is 4.11. The van der Waals surface area contributed by atoms with Crippen molar-refractivity contribution in [2.75, 3.05) is 0 Å². The summed E-state index contributed by atoms with van der Waals surface area (Å²) in [6.07, 6.45) is 12.1. The van der Waals surface area contributed by atoms with Crippen LogP contribution in [-0.4, -0.2) is 23.1 Å². The highest BCUT2D eigenvalue weighted by molar-refractivity contribution is 5.97. The standard InChI is InChI=1S/C26H42O4/c1-5-9-11-15-20(14-7-3)19-24-22(25(27)28)17-13-18-23(24)26(29)30-21(8-4)16-12-10-6-2/h13,17-18,20-21H,5-12,14-16,19H2,1-4H3,(H,27,28). The predicted molar refractivity (Wildman–Crippen MR) is 123 cm³/mol. The lowest BCUT2D eigenvalue weighted by Gasteiger charge is -2.21. The molecule has 4 heteroatoms.